The molecule has 0 amide bonds. The summed E-state index contributed by atoms with van der Waals surface area (Å²) in [5.41, 5.74) is 1.14. The topological polar surface area (TPSA) is 36.9 Å². The maximum Gasteiger partial charge on any atom is 0.226 e. The van der Waals surface area contributed by atoms with Gasteiger partial charge in [0, 0.05) is 20.6 Å². The second-order valence-electron chi connectivity index (χ2n) is 4.40. The van der Waals surface area contributed by atoms with Crippen LogP contribution in [0.3, 0.4) is 0 Å². The fraction of sp³-hybridized carbons (Fsp3) is 0.467. The molecule has 1 aromatic rings. The van der Waals surface area contributed by atoms with Gasteiger partial charge >= 0.3 is 0 Å². The van der Waals surface area contributed by atoms with E-state index in [1.165, 1.54) is 0 Å². The van der Waals surface area contributed by atoms with Crippen LogP contribution in [-0.2, 0) is 25.6 Å². The molecule has 1 aromatic carbocycles. The molecule has 0 radical (unpaired) electrons. The molecule has 1 aliphatic rings. The first-order chi connectivity index (χ1) is 9.33. The molecule has 104 valence electrons. The first-order valence-electron chi connectivity index (χ1n) is 6.36. The highest BCUT2D eigenvalue weighted by Gasteiger charge is 2.27. The lowest BCUT2D eigenvalue weighted by molar-refractivity contribution is -0.189. The van der Waals surface area contributed by atoms with Gasteiger partial charge in [-0.1, -0.05) is 30.3 Å². The zero-order chi connectivity index (χ0) is 13.5. The number of rotatable bonds is 6. The van der Waals surface area contributed by atoms with Crippen molar-refractivity contribution in [2.75, 3.05) is 20.8 Å². The Hall–Kier alpha value is -1.36. The van der Waals surface area contributed by atoms with Crippen LogP contribution in [0.2, 0.25) is 0 Å². The second-order valence-corrected chi connectivity index (χ2v) is 4.40. The minimum atomic E-state index is -0.376. The van der Waals surface area contributed by atoms with Gasteiger partial charge in [0.05, 0.1) is 6.61 Å². The molecule has 0 spiro atoms. The first kappa shape index (κ1) is 14.1. The van der Waals surface area contributed by atoms with Crippen LogP contribution >= 0.6 is 0 Å². The molecular weight excluding hydrogens is 244 g/mol. The molecule has 4 nitrogen and oxygen atoms in total. The van der Waals surface area contributed by atoms with E-state index >= 15 is 0 Å². The van der Waals surface area contributed by atoms with E-state index in [9.17, 15) is 0 Å². The van der Waals surface area contributed by atoms with Crippen molar-refractivity contribution >= 4 is 0 Å². The van der Waals surface area contributed by atoms with Crippen molar-refractivity contribution in [1.82, 2.24) is 0 Å². The maximum absolute atomic E-state index is 5.86. The highest BCUT2D eigenvalue weighted by atomic mass is 16.7. The highest BCUT2D eigenvalue weighted by molar-refractivity contribution is 5.13. The summed E-state index contributed by atoms with van der Waals surface area (Å²) in [5, 5.41) is 0. The second kappa shape index (κ2) is 7.28. The monoisotopic (exact) mass is 264 g/mol. The van der Waals surface area contributed by atoms with Crippen molar-refractivity contribution in [3.05, 3.63) is 47.7 Å². The van der Waals surface area contributed by atoms with Crippen LogP contribution in [0.5, 0.6) is 0 Å². The van der Waals surface area contributed by atoms with Crippen molar-refractivity contribution in [3.8, 4) is 0 Å². The van der Waals surface area contributed by atoms with E-state index in [0.29, 0.717) is 13.2 Å². The summed E-state index contributed by atoms with van der Waals surface area (Å²) < 4.78 is 21.9. The van der Waals surface area contributed by atoms with Gasteiger partial charge in [-0.25, -0.2) is 0 Å². The standard InChI is InChI=1S/C15H20O4/c1-16-11-13-8-9-14(15(17-2)19-13)18-10-12-6-4-3-5-7-12/h3-8,14-15H,9-11H2,1-2H3/t14-,15+/m1/s1. The quantitative estimate of drug-likeness (QED) is 0.791. The molecule has 19 heavy (non-hydrogen) atoms. The Labute approximate surface area is 113 Å². The van der Waals surface area contributed by atoms with Gasteiger partial charge in [0.25, 0.3) is 0 Å². The summed E-state index contributed by atoms with van der Waals surface area (Å²) in [5.74, 6) is 0.800. The van der Waals surface area contributed by atoms with E-state index in [0.717, 1.165) is 17.7 Å². The van der Waals surface area contributed by atoms with Gasteiger partial charge in [-0.15, -0.1) is 0 Å². The summed E-state index contributed by atoms with van der Waals surface area (Å²) in [6.07, 6.45) is 2.29. The molecule has 0 unspecified atom stereocenters. The van der Waals surface area contributed by atoms with Crippen molar-refractivity contribution in [3.63, 3.8) is 0 Å². The van der Waals surface area contributed by atoms with Crippen LogP contribution in [0, 0.1) is 0 Å². The van der Waals surface area contributed by atoms with Gasteiger partial charge in [-0.3, -0.25) is 0 Å². The van der Waals surface area contributed by atoms with Gasteiger partial charge in [-0.2, -0.15) is 0 Å². The molecule has 0 aliphatic carbocycles. The third kappa shape index (κ3) is 4.06. The molecule has 0 saturated heterocycles. The first-order valence-corrected chi connectivity index (χ1v) is 6.36. The summed E-state index contributed by atoms with van der Waals surface area (Å²) in [6.45, 7) is 1.02. The molecule has 0 fully saturated rings. The molecular formula is C15H20O4. The van der Waals surface area contributed by atoms with Gasteiger partial charge < -0.3 is 18.9 Å². The van der Waals surface area contributed by atoms with Crippen molar-refractivity contribution in [2.24, 2.45) is 0 Å². The molecule has 0 aromatic heterocycles. The smallest absolute Gasteiger partial charge is 0.226 e. The SMILES string of the molecule is COCC1=CC[C@@H](OCc2ccccc2)[C@@H](OC)O1. The number of ether oxygens (including phenoxy) is 4. The lowest BCUT2D eigenvalue weighted by Gasteiger charge is -2.30. The molecule has 1 heterocycles. The minimum Gasteiger partial charge on any atom is -0.464 e. The molecule has 2 atom stereocenters. The van der Waals surface area contributed by atoms with Crippen LogP contribution in [0.25, 0.3) is 0 Å². The van der Waals surface area contributed by atoms with E-state index in [1.54, 1.807) is 14.2 Å². The fourth-order valence-corrected chi connectivity index (χ4v) is 1.99. The number of hydrogen-bond donors (Lipinski definition) is 0. The van der Waals surface area contributed by atoms with Crippen molar-refractivity contribution in [2.45, 2.75) is 25.4 Å². The summed E-state index contributed by atoms with van der Waals surface area (Å²) in [7, 11) is 3.27. The van der Waals surface area contributed by atoms with Crippen LogP contribution in [0.15, 0.2) is 42.2 Å². The van der Waals surface area contributed by atoms with Crippen LogP contribution < -0.4 is 0 Å². The van der Waals surface area contributed by atoms with E-state index < -0.39 is 0 Å². The third-order valence-electron chi connectivity index (χ3n) is 2.97. The van der Waals surface area contributed by atoms with Gasteiger partial charge in [0.2, 0.25) is 6.29 Å². The predicted octanol–water partition coefficient (Wildman–Crippen LogP) is 2.49. The number of benzene rings is 1. The van der Waals surface area contributed by atoms with Crippen LogP contribution in [0.4, 0.5) is 0 Å². The average Bonchev–Trinajstić information content (AvgIpc) is 2.47. The predicted molar refractivity (Wildman–Crippen MR) is 71.5 cm³/mol. The molecule has 0 saturated carbocycles. The number of hydrogen-bond acceptors (Lipinski definition) is 4. The Morgan fingerprint density at radius 2 is 1.95 bits per heavy atom. The number of methoxy groups -OCH3 is 2. The van der Waals surface area contributed by atoms with Crippen molar-refractivity contribution in [1.29, 1.82) is 0 Å². The Morgan fingerprint density at radius 1 is 1.16 bits per heavy atom. The van der Waals surface area contributed by atoms with Gasteiger partial charge in [0.15, 0.2) is 0 Å². The van der Waals surface area contributed by atoms with E-state index in [4.69, 9.17) is 18.9 Å². The lowest BCUT2D eigenvalue weighted by Crippen LogP contribution is -2.36. The highest BCUT2D eigenvalue weighted by Crippen LogP contribution is 2.22. The average molecular weight is 264 g/mol. The van der Waals surface area contributed by atoms with Gasteiger partial charge in [0.1, 0.15) is 18.5 Å². The maximum atomic E-state index is 5.86. The Kier molecular flexibility index (Phi) is 5.39. The lowest BCUT2D eigenvalue weighted by atomic mass is 10.1. The van der Waals surface area contributed by atoms with Crippen LogP contribution in [-0.4, -0.2) is 33.2 Å². The molecule has 2 rings (SSSR count). The Bertz CT molecular complexity index is 402. The zero-order valence-electron chi connectivity index (χ0n) is 11.4. The Balaban J connectivity index is 1.89. The summed E-state index contributed by atoms with van der Waals surface area (Å²) >= 11 is 0. The molecule has 1 aliphatic heterocycles. The minimum absolute atomic E-state index is 0.0918. The normalized spacial score (nSPS) is 22.7. The van der Waals surface area contributed by atoms with E-state index in [-0.39, 0.29) is 12.4 Å². The zero-order valence-corrected chi connectivity index (χ0v) is 11.4. The summed E-state index contributed by atoms with van der Waals surface area (Å²) in [6, 6.07) is 10.1. The largest absolute Gasteiger partial charge is 0.464 e. The van der Waals surface area contributed by atoms with Crippen molar-refractivity contribution < 1.29 is 18.9 Å². The Morgan fingerprint density at radius 3 is 2.63 bits per heavy atom. The van der Waals surface area contributed by atoms with Crippen LogP contribution in [0.1, 0.15) is 12.0 Å². The van der Waals surface area contributed by atoms with Gasteiger partial charge in [-0.05, 0) is 11.6 Å². The van der Waals surface area contributed by atoms with E-state index in [1.807, 2.05) is 36.4 Å². The van der Waals surface area contributed by atoms with E-state index in [2.05, 4.69) is 0 Å². The molecule has 0 bridgehead atoms. The molecule has 4 heteroatoms. The fourth-order valence-electron chi connectivity index (χ4n) is 1.99. The molecule has 0 N–H and O–H groups in total. The summed E-state index contributed by atoms with van der Waals surface area (Å²) in [4.78, 5) is 0. The third-order valence-corrected chi connectivity index (χ3v) is 2.97.